The number of carbonyl (C=O) groups excluding carboxylic acids is 1. The number of nitrogens with one attached hydrogen (secondary N) is 2. The maximum atomic E-state index is 11.7. The van der Waals surface area contributed by atoms with E-state index in [0.29, 0.717) is 11.6 Å². The zero-order valence-corrected chi connectivity index (χ0v) is 11.5. The largest absolute Gasteiger partial charge is 0.463 e. The van der Waals surface area contributed by atoms with E-state index >= 15 is 0 Å². The number of nitrogens with zero attached hydrogens (tertiary/aromatic N) is 2. The van der Waals surface area contributed by atoms with Crippen LogP contribution in [0, 0.1) is 0 Å². The number of aromatic amines is 1. The van der Waals surface area contributed by atoms with E-state index in [1.807, 2.05) is 25.1 Å². The summed E-state index contributed by atoms with van der Waals surface area (Å²) >= 11 is 5.98. The monoisotopic (exact) mass is 292 g/mol. The fraction of sp³-hybridized carbons (Fsp3) is 0.154. The molecule has 0 fully saturated rings. The molecular formula is C13H13ClN4O2. The van der Waals surface area contributed by atoms with Crippen LogP contribution in [0.4, 0.5) is 5.95 Å². The van der Waals surface area contributed by atoms with Crippen LogP contribution in [0.3, 0.4) is 0 Å². The third kappa shape index (κ3) is 3.83. The van der Waals surface area contributed by atoms with Gasteiger partial charge in [-0.1, -0.05) is 29.8 Å². The molecule has 1 amide bonds. The van der Waals surface area contributed by atoms with Gasteiger partial charge in [0.15, 0.2) is 0 Å². The van der Waals surface area contributed by atoms with Crippen LogP contribution in [0.1, 0.15) is 12.5 Å². The van der Waals surface area contributed by atoms with Crippen molar-refractivity contribution in [2.75, 3.05) is 11.9 Å². The Morgan fingerprint density at radius 1 is 1.50 bits per heavy atom. The Labute approximate surface area is 120 Å². The van der Waals surface area contributed by atoms with Crippen LogP contribution in [-0.4, -0.2) is 27.7 Å². The summed E-state index contributed by atoms with van der Waals surface area (Å²) < 4.78 is 5.07. The molecule has 0 aliphatic rings. The summed E-state index contributed by atoms with van der Waals surface area (Å²) in [4.78, 5) is 15.6. The lowest BCUT2D eigenvalue weighted by Gasteiger charge is -1.97. The average molecular weight is 293 g/mol. The van der Waals surface area contributed by atoms with E-state index in [0.717, 1.165) is 5.56 Å². The van der Waals surface area contributed by atoms with Crippen LogP contribution < -0.4 is 10.1 Å². The SMILES string of the molecule is CCOc1n[nH]c(NC(=O)/C=C/c2ccccc2Cl)n1. The van der Waals surface area contributed by atoms with Crippen molar-refractivity contribution in [3.8, 4) is 6.01 Å². The second kappa shape index (κ2) is 6.72. The zero-order chi connectivity index (χ0) is 14.4. The summed E-state index contributed by atoms with van der Waals surface area (Å²) in [7, 11) is 0. The first-order chi connectivity index (χ1) is 9.69. The number of aromatic nitrogens is 3. The Bertz CT molecular complexity index is 624. The third-order valence-corrected chi connectivity index (χ3v) is 2.64. The van der Waals surface area contributed by atoms with Crippen molar-refractivity contribution in [3.05, 3.63) is 40.9 Å². The van der Waals surface area contributed by atoms with Gasteiger partial charge >= 0.3 is 6.01 Å². The number of benzene rings is 1. The molecule has 0 saturated carbocycles. The molecule has 2 N–H and O–H groups in total. The molecule has 1 aromatic heterocycles. The summed E-state index contributed by atoms with van der Waals surface area (Å²) in [5.41, 5.74) is 0.761. The number of ether oxygens (including phenoxy) is 1. The first-order valence-corrected chi connectivity index (χ1v) is 6.35. The molecule has 0 unspecified atom stereocenters. The predicted octanol–water partition coefficient (Wildman–Crippen LogP) is 2.51. The fourth-order valence-electron chi connectivity index (χ4n) is 1.43. The minimum atomic E-state index is -0.343. The number of hydrogen-bond acceptors (Lipinski definition) is 4. The van der Waals surface area contributed by atoms with E-state index in [1.54, 1.807) is 12.1 Å². The van der Waals surface area contributed by atoms with Crippen molar-refractivity contribution in [2.45, 2.75) is 6.92 Å². The summed E-state index contributed by atoms with van der Waals surface area (Å²) in [6.45, 7) is 2.28. The summed E-state index contributed by atoms with van der Waals surface area (Å²) in [6.07, 6.45) is 2.99. The van der Waals surface area contributed by atoms with E-state index < -0.39 is 0 Å². The minimum Gasteiger partial charge on any atom is -0.463 e. The Morgan fingerprint density at radius 3 is 3.05 bits per heavy atom. The lowest BCUT2D eigenvalue weighted by atomic mass is 10.2. The topological polar surface area (TPSA) is 79.9 Å². The van der Waals surface area contributed by atoms with Gasteiger partial charge in [0.1, 0.15) is 0 Å². The maximum Gasteiger partial charge on any atom is 0.337 e. The van der Waals surface area contributed by atoms with Crippen LogP contribution in [0.25, 0.3) is 6.08 Å². The normalized spacial score (nSPS) is 10.7. The highest BCUT2D eigenvalue weighted by atomic mass is 35.5. The molecule has 6 nitrogen and oxygen atoms in total. The van der Waals surface area contributed by atoms with Crippen LogP contribution >= 0.6 is 11.6 Å². The minimum absolute atomic E-state index is 0.192. The van der Waals surface area contributed by atoms with Crippen molar-refractivity contribution in [1.29, 1.82) is 0 Å². The highest BCUT2D eigenvalue weighted by Gasteiger charge is 2.05. The molecule has 0 spiro atoms. The predicted molar refractivity (Wildman–Crippen MR) is 76.7 cm³/mol. The van der Waals surface area contributed by atoms with Gasteiger partial charge in [0, 0.05) is 11.1 Å². The number of hydrogen-bond donors (Lipinski definition) is 2. The van der Waals surface area contributed by atoms with E-state index in [1.165, 1.54) is 6.08 Å². The van der Waals surface area contributed by atoms with Crippen molar-refractivity contribution < 1.29 is 9.53 Å². The summed E-state index contributed by atoms with van der Waals surface area (Å²) in [6, 6.07) is 7.42. The molecule has 20 heavy (non-hydrogen) atoms. The summed E-state index contributed by atoms with van der Waals surface area (Å²) in [5, 5.41) is 9.44. The van der Waals surface area contributed by atoms with Crippen LogP contribution in [-0.2, 0) is 4.79 Å². The van der Waals surface area contributed by atoms with Gasteiger partial charge in [-0.15, -0.1) is 5.10 Å². The Hall–Kier alpha value is -2.34. The molecule has 2 rings (SSSR count). The van der Waals surface area contributed by atoms with E-state index in [-0.39, 0.29) is 17.9 Å². The third-order valence-electron chi connectivity index (χ3n) is 2.30. The molecule has 104 valence electrons. The summed E-state index contributed by atoms with van der Waals surface area (Å²) in [5.74, 6) is -0.119. The average Bonchev–Trinajstić information content (AvgIpc) is 2.85. The number of amides is 1. The molecule has 0 aliphatic carbocycles. The Morgan fingerprint density at radius 2 is 2.30 bits per heavy atom. The Kier molecular flexibility index (Phi) is 4.73. The van der Waals surface area contributed by atoms with Gasteiger partial charge in [-0.25, -0.2) is 5.10 Å². The molecule has 2 aromatic rings. The van der Waals surface area contributed by atoms with Crippen molar-refractivity contribution >= 4 is 29.5 Å². The molecule has 1 heterocycles. The fourth-order valence-corrected chi connectivity index (χ4v) is 1.63. The van der Waals surface area contributed by atoms with Gasteiger partial charge < -0.3 is 4.74 Å². The molecule has 0 saturated heterocycles. The molecule has 0 radical (unpaired) electrons. The second-order valence-electron chi connectivity index (χ2n) is 3.74. The smallest absolute Gasteiger partial charge is 0.337 e. The van der Waals surface area contributed by atoms with Gasteiger partial charge in [0.25, 0.3) is 5.91 Å². The molecule has 1 aromatic carbocycles. The number of rotatable bonds is 5. The number of halogens is 1. The molecule has 0 atom stereocenters. The lowest BCUT2D eigenvalue weighted by molar-refractivity contribution is -0.111. The number of anilines is 1. The highest BCUT2D eigenvalue weighted by Crippen LogP contribution is 2.16. The highest BCUT2D eigenvalue weighted by molar-refractivity contribution is 6.32. The van der Waals surface area contributed by atoms with Gasteiger partial charge in [-0.2, -0.15) is 4.98 Å². The van der Waals surface area contributed by atoms with Crippen LogP contribution in [0.2, 0.25) is 5.02 Å². The first kappa shape index (κ1) is 14.1. The van der Waals surface area contributed by atoms with Gasteiger partial charge in [0.05, 0.1) is 6.61 Å². The van der Waals surface area contributed by atoms with Crippen LogP contribution in [0.15, 0.2) is 30.3 Å². The zero-order valence-electron chi connectivity index (χ0n) is 10.8. The molecular weight excluding hydrogens is 280 g/mol. The standard InChI is InChI=1S/C13H13ClN4O2/c1-2-20-13-16-12(17-18-13)15-11(19)8-7-9-5-3-4-6-10(9)14/h3-8H,2H2,1H3,(H2,15,16,17,18,19)/b8-7+. The van der Waals surface area contributed by atoms with Gasteiger partial charge in [0.2, 0.25) is 5.95 Å². The van der Waals surface area contributed by atoms with Gasteiger partial charge in [-0.05, 0) is 24.6 Å². The number of carbonyl (C=O) groups is 1. The quantitative estimate of drug-likeness (QED) is 0.830. The van der Waals surface area contributed by atoms with E-state index in [4.69, 9.17) is 16.3 Å². The first-order valence-electron chi connectivity index (χ1n) is 5.98. The number of H-pyrrole nitrogens is 1. The van der Waals surface area contributed by atoms with Gasteiger partial charge in [-0.3, -0.25) is 10.1 Å². The molecule has 0 bridgehead atoms. The molecule has 7 heteroatoms. The van der Waals surface area contributed by atoms with Crippen LogP contribution in [0.5, 0.6) is 6.01 Å². The maximum absolute atomic E-state index is 11.7. The van der Waals surface area contributed by atoms with Crippen molar-refractivity contribution in [2.24, 2.45) is 0 Å². The van der Waals surface area contributed by atoms with Crippen molar-refractivity contribution in [3.63, 3.8) is 0 Å². The lowest BCUT2D eigenvalue weighted by Crippen LogP contribution is -2.09. The van der Waals surface area contributed by atoms with E-state index in [2.05, 4.69) is 20.5 Å². The second-order valence-corrected chi connectivity index (χ2v) is 4.15. The molecule has 0 aliphatic heterocycles. The van der Waals surface area contributed by atoms with E-state index in [9.17, 15) is 4.79 Å². The Balaban J connectivity index is 1.96. The van der Waals surface area contributed by atoms with Crippen molar-refractivity contribution in [1.82, 2.24) is 15.2 Å².